The van der Waals surface area contributed by atoms with Crippen LogP contribution in [-0.2, 0) is 9.53 Å². The summed E-state index contributed by atoms with van der Waals surface area (Å²) in [5.41, 5.74) is 0.838. The minimum Gasteiger partial charge on any atom is -0.466 e. The number of carbonyl (C=O) groups excluding carboxylic acids is 1. The molecule has 1 aromatic rings. The van der Waals surface area contributed by atoms with Gasteiger partial charge in [0.05, 0.1) is 11.5 Å². The van der Waals surface area contributed by atoms with Gasteiger partial charge in [0.2, 0.25) is 0 Å². The third-order valence-electron chi connectivity index (χ3n) is 3.23. The summed E-state index contributed by atoms with van der Waals surface area (Å²) in [5, 5.41) is 11.5. The number of hydrogen-bond acceptors (Lipinski definition) is 6. The van der Waals surface area contributed by atoms with E-state index in [9.17, 15) is 14.9 Å². The number of rotatable bonds is 9. The number of aliphatic imine (C=N–C) groups is 1. The first-order valence-electron chi connectivity index (χ1n) is 7.70. The second-order valence-corrected chi connectivity index (χ2v) is 6.58. The molecule has 1 saturated carbocycles. The number of esters is 1. The van der Waals surface area contributed by atoms with Crippen molar-refractivity contribution >= 4 is 29.6 Å². The molecular weight excluding hydrogens is 316 g/mol. The zero-order valence-corrected chi connectivity index (χ0v) is 13.9. The molecule has 0 saturated heterocycles. The Morgan fingerprint density at radius 2 is 2.30 bits per heavy atom. The molecule has 124 valence electrons. The summed E-state index contributed by atoms with van der Waals surface area (Å²) in [4.78, 5) is 27.1. The highest BCUT2D eigenvalue weighted by Gasteiger charge is 2.24. The van der Waals surface area contributed by atoms with Crippen molar-refractivity contribution in [1.29, 1.82) is 0 Å². The molecule has 0 radical (unpaired) electrons. The lowest BCUT2D eigenvalue weighted by Gasteiger charge is -2.04. The van der Waals surface area contributed by atoms with Gasteiger partial charge in [0.25, 0.3) is 5.69 Å². The van der Waals surface area contributed by atoms with Crippen LogP contribution in [0.1, 0.15) is 38.2 Å². The maximum absolute atomic E-state index is 11.2. The predicted octanol–water partition coefficient (Wildman–Crippen LogP) is 3.61. The first-order chi connectivity index (χ1) is 11.1. The van der Waals surface area contributed by atoms with Gasteiger partial charge >= 0.3 is 5.97 Å². The number of nitro benzene ring substituents is 1. The van der Waals surface area contributed by atoms with Crippen molar-refractivity contribution in [1.82, 2.24) is 0 Å². The van der Waals surface area contributed by atoms with E-state index in [0.717, 1.165) is 10.5 Å². The van der Waals surface area contributed by atoms with E-state index in [-0.39, 0.29) is 11.7 Å². The summed E-state index contributed by atoms with van der Waals surface area (Å²) in [6.07, 6.45) is 5.00. The van der Waals surface area contributed by atoms with Gasteiger partial charge in [0.1, 0.15) is 0 Å². The van der Waals surface area contributed by atoms with Crippen LogP contribution in [0.25, 0.3) is 0 Å². The molecule has 0 N–H and O–H groups in total. The van der Waals surface area contributed by atoms with E-state index in [1.807, 2.05) is 0 Å². The zero-order valence-electron chi connectivity index (χ0n) is 13.1. The highest BCUT2D eigenvalue weighted by atomic mass is 32.2. The first-order valence-corrected chi connectivity index (χ1v) is 8.58. The molecule has 1 aromatic carbocycles. The van der Waals surface area contributed by atoms with Gasteiger partial charge in [-0.3, -0.25) is 19.9 Å². The number of nitro groups is 1. The largest absolute Gasteiger partial charge is 0.466 e. The van der Waals surface area contributed by atoms with Crippen molar-refractivity contribution in [3.8, 4) is 0 Å². The molecule has 0 unspecified atom stereocenters. The maximum Gasteiger partial charge on any atom is 0.305 e. The van der Waals surface area contributed by atoms with Crippen LogP contribution < -0.4 is 0 Å². The quantitative estimate of drug-likeness (QED) is 0.226. The van der Waals surface area contributed by atoms with Gasteiger partial charge in [-0.05, 0) is 32.3 Å². The number of benzene rings is 1. The van der Waals surface area contributed by atoms with Crippen molar-refractivity contribution in [2.75, 3.05) is 13.2 Å². The SMILES string of the molecule is CCOC(=O)CCCN=Cc1cc([N+](=O)[O-])ccc1SC1CC1. The van der Waals surface area contributed by atoms with E-state index in [2.05, 4.69) is 4.99 Å². The van der Waals surface area contributed by atoms with E-state index >= 15 is 0 Å². The molecule has 6 nitrogen and oxygen atoms in total. The Kier molecular flexibility index (Phi) is 6.58. The number of carbonyl (C=O) groups is 1. The number of thioether (sulfide) groups is 1. The summed E-state index contributed by atoms with van der Waals surface area (Å²) in [6.45, 7) is 2.66. The molecule has 1 aliphatic carbocycles. The van der Waals surface area contributed by atoms with Gasteiger partial charge < -0.3 is 4.74 Å². The molecule has 0 aliphatic heterocycles. The van der Waals surface area contributed by atoms with Crippen molar-refractivity contribution in [3.05, 3.63) is 33.9 Å². The normalized spacial score (nSPS) is 14.1. The predicted molar refractivity (Wildman–Crippen MR) is 90.3 cm³/mol. The summed E-state index contributed by atoms with van der Waals surface area (Å²) in [6, 6.07) is 4.88. The highest BCUT2D eigenvalue weighted by molar-refractivity contribution is 8.00. The average Bonchev–Trinajstić information content (AvgIpc) is 3.32. The summed E-state index contributed by atoms with van der Waals surface area (Å²) < 4.78 is 4.85. The number of nitrogens with zero attached hydrogens (tertiary/aromatic N) is 2. The molecule has 1 aliphatic rings. The van der Waals surface area contributed by atoms with E-state index in [4.69, 9.17) is 4.74 Å². The molecule has 0 atom stereocenters. The molecule has 0 bridgehead atoms. The molecule has 0 aromatic heterocycles. The van der Waals surface area contributed by atoms with E-state index < -0.39 is 4.92 Å². The van der Waals surface area contributed by atoms with Crippen LogP contribution in [0, 0.1) is 10.1 Å². The van der Waals surface area contributed by atoms with Crippen LogP contribution in [0.15, 0.2) is 28.1 Å². The molecule has 0 heterocycles. The molecule has 7 heteroatoms. The van der Waals surface area contributed by atoms with Gasteiger partial charge in [-0.2, -0.15) is 0 Å². The van der Waals surface area contributed by atoms with Crippen LogP contribution in [0.3, 0.4) is 0 Å². The fraction of sp³-hybridized carbons (Fsp3) is 0.500. The number of hydrogen-bond donors (Lipinski definition) is 0. The van der Waals surface area contributed by atoms with Crippen LogP contribution >= 0.6 is 11.8 Å². The fourth-order valence-electron chi connectivity index (χ4n) is 1.93. The lowest BCUT2D eigenvalue weighted by molar-refractivity contribution is -0.384. The molecule has 0 amide bonds. The minimum absolute atomic E-state index is 0.0677. The van der Waals surface area contributed by atoms with Gasteiger partial charge in [0, 0.05) is 47.0 Å². The fourth-order valence-corrected chi connectivity index (χ4v) is 3.06. The average molecular weight is 336 g/mol. The van der Waals surface area contributed by atoms with E-state index in [1.165, 1.54) is 18.9 Å². The van der Waals surface area contributed by atoms with Crippen molar-refractivity contribution in [2.24, 2.45) is 4.99 Å². The van der Waals surface area contributed by atoms with Crippen molar-refractivity contribution in [2.45, 2.75) is 42.8 Å². The minimum atomic E-state index is -0.399. The lowest BCUT2D eigenvalue weighted by atomic mass is 10.2. The Bertz CT molecular complexity index is 600. The Balaban J connectivity index is 1.95. The molecule has 0 spiro atoms. The topological polar surface area (TPSA) is 81.8 Å². The maximum atomic E-state index is 11.2. The molecule has 1 fully saturated rings. The third kappa shape index (κ3) is 6.02. The summed E-state index contributed by atoms with van der Waals surface area (Å²) in [7, 11) is 0. The molecular formula is C16H20N2O4S. The lowest BCUT2D eigenvalue weighted by Crippen LogP contribution is -2.04. The Hall–Kier alpha value is -1.89. The van der Waals surface area contributed by atoms with Gasteiger partial charge in [-0.1, -0.05) is 0 Å². The van der Waals surface area contributed by atoms with Crippen LogP contribution in [0.4, 0.5) is 5.69 Å². The van der Waals surface area contributed by atoms with Crippen molar-refractivity contribution < 1.29 is 14.5 Å². The second-order valence-electron chi connectivity index (χ2n) is 5.24. The van der Waals surface area contributed by atoms with Gasteiger partial charge in [-0.15, -0.1) is 11.8 Å². The first kappa shape index (κ1) is 17.5. The third-order valence-corrected chi connectivity index (χ3v) is 4.66. The summed E-state index contributed by atoms with van der Waals surface area (Å²) in [5.74, 6) is -0.219. The van der Waals surface area contributed by atoms with Crippen molar-refractivity contribution in [3.63, 3.8) is 0 Å². The summed E-state index contributed by atoms with van der Waals surface area (Å²) >= 11 is 1.74. The Morgan fingerprint density at radius 1 is 1.52 bits per heavy atom. The number of ether oxygens (including phenoxy) is 1. The second kappa shape index (κ2) is 8.67. The standard InChI is InChI=1S/C16H20N2O4S/c1-2-22-16(19)4-3-9-17-11-12-10-13(18(20)21)5-8-15(12)23-14-6-7-14/h5,8,10-11,14H,2-4,6-7,9H2,1H3. The van der Waals surface area contributed by atoms with Crippen LogP contribution in [0.5, 0.6) is 0 Å². The smallest absolute Gasteiger partial charge is 0.305 e. The zero-order chi connectivity index (χ0) is 16.7. The van der Waals surface area contributed by atoms with E-state index in [0.29, 0.717) is 31.2 Å². The number of non-ortho nitro benzene ring substituents is 1. The molecule has 2 rings (SSSR count). The Morgan fingerprint density at radius 3 is 2.96 bits per heavy atom. The van der Waals surface area contributed by atoms with Crippen LogP contribution in [-0.4, -0.2) is 35.5 Å². The van der Waals surface area contributed by atoms with Gasteiger partial charge in [0.15, 0.2) is 0 Å². The monoisotopic (exact) mass is 336 g/mol. The highest BCUT2D eigenvalue weighted by Crippen LogP contribution is 2.40. The van der Waals surface area contributed by atoms with Gasteiger partial charge in [-0.25, -0.2) is 0 Å². The van der Waals surface area contributed by atoms with E-state index in [1.54, 1.807) is 37.0 Å². The Labute approximate surface area is 139 Å². The molecule has 23 heavy (non-hydrogen) atoms. The van der Waals surface area contributed by atoms with Crippen LogP contribution in [0.2, 0.25) is 0 Å².